The van der Waals surface area contributed by atoms with Gasteiger partial charge in [0.05, 0.1) is 5.69 Å². The highest BCUT2D eigenvalue weighted by Crippen LogP contribution is 2.20. The first-order chi connectivity index (χ1) is 13.5. The zero-order valence-corrected chi connectivity index (χ0v) is 16.3. The Bertz CT molecular complexity index is 1040. The predicted octanol–water partition coefficient (Wildman–Crippen LogP) is 2.18. The minimum atomic E-state index is 0.445. The van der Waals surface area contributed by atoms with Crippen LogP contribution in [0, 0.1) is 32.1 Å². The average Bonchev–Trinajstić information content (AvgIpc) is 3.06. The van der Waals surface area contributed by atoms with Gasteiger partial charge in [-0.05, 0) is 39.0 Å². The summed E-state index contributed by atoms with van der Waals surface area (Å²) in [7, 11) is 0. The second-order valence-electron chi connectivity index (χ2n) is 6.97. The van der Waals surface area contributed by atoms with Gasteiger partial charge >= 0.3 is 0 Å². The molecule has 0 aliphatic carbocycles. The Balaban J connectivity index is 1.53. The quantitative estimate of drug-likeness (QED) is 0.694. The SMILES string of the molecule is Cc1cc(N2CCN(c3cccc(C#N)n3)CC2)nc(-n2nc(C)cc2C)n1. The van der Waals surface area contributed by atoms with E-state index >= 15 is 0 Å². The summed E-state index contributed by atoms with van der Waals surface area (Å²) in [5.74, 6) is 2.36. The standard InChI is InChI=1S/C20H22N8/c1-14-12-19(24-20(22-14)28-16(3)11-15(2)25-28)27-9-7-26(8-10-27)18-6-4-5-17(13-21)23-18/h4-6,11-12H,7-10H2,1-3H3. The summed E-state index contributed by atoms with van der Waals surface area (Å²) >= 11 is 0. The van der Waals surface area contributed by atoms with Crippen molar-refractivity contribution in [2.24, 2.45) is 0 Å². The first kappa shape index (κ1) is 17.9. The van der Waals surface area contributed by atoms with Gasteiger partial charge in [0.15, 0.2) is 0 Å². The Hall–Kier alpha value is -3.47. The maximum Gasteiger partial charge on any atom is 0.252 e. The molecule has 3 aromatic rings. The highest BCUT2D eigenvalue weighted by Gasteiger charge is 2.21. The van der Waals surface area contributed by atoms with Gasteiger partial charge in [-0.3, -0.25) is 0 Å². The maximum absolute atomic E-state index is 9.06. The largest absolute Gasteiger partial charge is 0.353 e. The Morgan fingerprint density at radius 2 is 1.57 bits per heavy atom. The number of nitrogens with zero attached hydrogens (tertiary/aromatic N) is 8. The van der Waals surface area contributed by atoms with Crippen LogP contribution in [0.25, 0.3) is 5.95 Å². The molecule has 0 amide bonds. The summed E-state index contributed by atoms with van der Waals surface area (Å²) in [5.41, 5.74) is 3.33. The van der Waals surface area contributed by atoms with E-state index in [1.165, 1.54) is 0 Å². The van der Waals surface area contributed by atoms with E-state index < -0.39 is 0 Å². The van der Waals surface area contributed by atoms with Crippen molar-refractivity contribution < 1.29 is 0 Å². The third kappa shape index (κ3) is 3.51. The Morgan fingerprint density at radius 3 is 2.21 bits per heavy atom. The lowest BCUT2D eigenvalue weighted by Crippen LogP contribution is -2.47. The van der Waals surface area contributed by atoms with Crippen LogP contribution >= 0.6 is 0 Å². The van der Waals surface area contributed by atoms with Crippen molar-refractivity contribution in [1.29, 1.82) is 5.26 Å². The molecule has 3 aromatic heterocycles. The molecule has 28 heavy (non-hydrogen) atoms. The molecule has 0 bridgehead atoms. The maximum atomic E-state index is 9.06. The fourth-order valence-corrected chi connectivity index (χ4v) is 3.45. The molecule has 142 valence electrons. The first-order valence-electron chi connectivity index (χ1n) is 9.30. The van der Waals surface area contributed by atoms with E-state index in [1.54, 1.807) is 10.7 Å². The molecule has 8 nitrogen and oxygen atoms in total. The summed E-state index contributed by atoms with van der Waals surface area (Å²) in [6.07, 6.45) is 0. The van der Waals surface area contributed by atoms with E-state index in [0.29, 0.717) is 11.6 Å². The lowest BCUT2D eigenvalue weighted by atomic mass is 10.2. The molecule has 0 saturated carbocycles. The van der Waals surface area contributed by atoms with E-state index in [9.17, 15) is 0 Å². The smallest absolute Gasteiger partial charge is 0.252 e. The molecule has 0 atom stereocenters. The highest BCUT2D eigenvalue weighted by molar-refractivity contribution is 5.47. The second-order valence-corrected chi connectivity index (χ2v) is 6.97. The van der Waals surface area contributed by atoms with Gasteiger partial charge in [0.25, 0.3) is 5.95 Å². The van der Waals surface area contributed by atoms with E-state index in [1.807, 2.05) is 45.0 Å². The van der Waals surface area contributed by atoms with Gasteiger partial charge in [-0.1, -0.05) is 6.07 Å². The van der Waals surface area contributed by atoms with Crippen LogP contribution in [0.2, 0.25) is 0 Å². The molecule has 0 aromatic carbocycles. The lowest BCUT2D eigenvalue weighted by molar-refractivity contribution is 0.637. The first-order valence-corrected chi connectivity index (χ1v) is 9.30. The molecular formula is C20H22N8. The average molecular weight is 374 g/mol. The van der Waals surface area contributed by atoms with Crippen LogP contribution in [-0.4, -0.2) is 50.9 Å². The molecule has 1 saturated heterocycles. The minimum Gasteiger partial charge on any atom is -0.353 e. The van der Waals surface area contributed by atoms with E-state index in [-0.39, 0.29) is 0 Å². The number of hydrogen-bond donors (Lipinski definition) is 0. The number of piperazine rings is 1. The highest BCUT2D eigenvalue weighted by atomic mass is 15.4. The van der Waals surface area contributed by atoms with Crippen molar-refractivity contribution in [1.82, 2.24) is 24.7 Å². The minimum absolute atomic E-state index is 0.445. The van der Waals surface area contributed by atoms with Crippen LogP contribution in [0.3, 0.4) is 0 Å². The Kier molecular flexibility index (Phi) is 4.65. The Morgan fingerprint density at radius 1 is 0.857 bits per heavy atom. The van der Waals surface area contributed by atoms with Gasteiger partial charge in [-0.15, -0.1) is 0 Å². The molecule has 4 rings (SSSR count). The van der Waals surface area contributed by atoms with Gasteiger partial charge in [0, 0.05) is 43.6 Å². The molecule has 0 radical (unpaired) electrons. The van der Waals surface area contributed by atoms with E-state index in [4.69, 9.17) is 10.2 Å². The van der Waals surface area contributed by atoms with Crippen molar-refractivity contribution in [3.05, 3.63) is 53.1 Å². The van der Waals surface area contributed by atoms with Crippen LogP contribution in [0.15, 0.2) is 30.3 Å². The van der Waals surface area contributed by atoms with Crippen molar-refractivity contribution in [3.63, 3.8) is 0 Å². The third-order valence-corrected chi connectivity index (χ3v) is 4.80. The fourth-order valence-electron chi connectivity index (χ4n) is 3.45. The topological polar surface area (TPSA) is 86.8 Å². The van der Waals surface area contributed by atoms with Crippen LogP contribution < -0.4 is 9.80 Å². The van der Waals surface area contributed by atoms with Gasteiger partial charge in [0.2, 0.25) is 0 Å². The second kappa shape index (κ2) is 7.27. The number of rotatable bonds is 3. The fraction of sp³-hybridized carbons (Fsp3) is 0.350. The van der Waals surface area contributed by atoms with Crippen LogP contribution in [0.1, 0.15) is 22.8 Å². The van der Waals surface area contributed by atoms with Crippen LogP contribution in [0.5, 0.6) is 0 Å². The molecule has 0 spiro atoms. The number of aromatic nitrogens is 5. The summed E-state index contributed by atoms with van der Waals surface area (Å²) in [5, 5.41) is 13.6. The molecule has 0 N–H and O–H groups in total. The summed E-state index contributed by atoms with van der Waals surface area (Å²) in [4.78, 5) is 18.2. The molecule has 1 aliphatic rings. The number of pyridine rings is 1. The number of anilines is 2. The number of aryl methyl sites for hydroxylation is 3. The number of nitriles is 1. The van der Waals surface area contributed by atoms with Crippen molar-refractivity contribution in [3.8, 4) is 12.0 Å². The van der Waals surface area contributed by atoms with Gasteiger partial charge in [-0.25, -0.2) is 14.6 Å². The molecule has 4 heterocycles. The van der Waals surface area contributed by atoms with Gasteiger partial charge < -0.3 is 9.80 Å². The van der Waals surface area contributed by atoms with Gasteiger partial charge in [-0.2, -0.15) is 15.3 Å². The zero-order chi connectivity index (χ0) is 19.7. The van der Waals surface area contributed by atoms with Crippen molar-refractivity contribution in [2.75, 3.05) is 36.0 Å². The van der Waals surface area contributed by atoms with Gasteiger partial charge in [0.1, 0.15) is 23.4 Å². The summed E-state index contributed by atoms with van der Waals surface area (Å²) in [6, 6.07) is 11.7. The predicted molar refractivity (Wildman–Crippen MR) is 107 cm³/mol. The lowest BCUT2D eigenvalue weighted by Gasteiger charge is -2.36. The molecule has 0 unspecified atom stereocenters. The molecular weight excluding hydrogens is 352 g/mol. The van der Waals surface area contributed by atoms with E-state index in [0.717, 1.165) is 54.9 Å². The van der Waals surface area contributed by atoms with E-state index in [2.05, 4.69) is 30.9 Å². The van der Waals surface area contributed by atoms with Crippen molar-refractivity contribution in [2.45, 2.75) is 20.8 Å². The molecule has 8 heteroatoms. The van der Waals surface area contributed by atoms with Crippen LogP contribution in [-0.2, 0) is 0 Å². The summed E-state index contributed by atoms with van der Waals surface area (Å²) < 4.78 is 1.79. The third-order valence-electron chi connectivity index (χ3n) is 4.80. The molecule has 1 fully saturated rings. The number of hydrogen-bond acceptors (Lipinski definition) is 7. The molecule has 1 aliphatic heterocycles. The van der Waals surface area contributed by atoms with Crippen LogP contribution in [0.4, 0.5) is 11.6 Å². The van der Waals surface area contributed by atoms with Crippen molar-refractivity contribution >= 4 is 11.6 Å². The monoisotopic (exact) mass is 374 g/mol. The normalized spacial score (nSPS) is 14.2. The summed E-state index contributed by atoms with van der Waals surface area (Å²) in [6.45, 7) is 9.24. The Labute approximate surface area is 164 Å². The zero-order valence-electron chi connectivity index (χ0n) is 16.3.